The van der Waals surface area contributed by atoms with Crippen LogP contribution in [0, 0.1) is 0 Å². The summed E-state index contributed by atoms with van der Waals surface area (Å²) in [6.07, 6.45) is 5.44. The first-order valence-corrected chi connectivity index (χ1v) is 8.79. The topological polar surface area (TPSA) is 89.3 Å². The number of hydrogen-bond acceptors (Lipinski definition) is 4. The molecule has 2 aliphatic heterocycles. The molecule has 0 amide bonds. The number of aromatic nitrogens is 2. The van der Waals surface area contributed by atoms with E-state index in [0.29, 0.717) is 12.8 Å². The molecule has 0 bridgehead atoms. The van der Waals surface area contributed by atoms with Crippen LogP contribution < -0.4 is 0 Å². The number of imidazole rings is 1. The van der Waals surface area contributed by atoms with E-state index < -0.39 is 21.8 Å². The Kier molecular flexibility index (Phi) is 3.32. The normalized spacial score (nSPS) is 28.8. The molecule has 0 aromatic carbocycles. The van der Waals surface area contributed by atoms with Crippen molar-refractivity contribution in [3.8, 4) is 0 Å². The Bertz CT molecular complexity index is 635. The smallest absolute Gasteiger partial charge is 0.326 e. The van der Waals surface area contributed by atoms with E-state index in [2.05, 4.69) is 4.98 Å². The molecule has 1 aromatic rings. The number of nitrogens with zero attached hydrogens (tertiary/aromatic N) is 2. The lowest BCUT2D eigenvalue weighted by Gasteiger charge is -2.21. The monoisotopic (exact) mass is 298 g/mol. The van der Waals surface area contributed by atoms with Crippen molar-refractivity contribution >= 4 is 15.8 Å². The summed E-state index contributed by atoms with van der Waals surface area (Å²) in [5.41, 5.74) is 0.747. The average molecular weight is 298 g/mol. The zero-order chi connectivity index (χ0) is 14.3. The van der Waals surface area contributed by atoms with Crippen molar-refractivity contribution in [1.29, 1.82) is 0 Å². The lowest BCUT2D eigenvalue weighted by atomic mass is 10.0. The van der Waals surface area contributed by atoms with Crippen molar-refractivity contribution in [2.45, 2.75) is 44.1 Å². The molecule has 1 fully saturated rings. The quantitative estimate of drug-likeness (QED) is 0.884. The summed E-state index contributed by atoms with van der Waals surface area (Å²) in [7, 11) is -2.98. The number of aryl methyl sites for hydroxylation is 1. The number of sulfone groups is 1. The Labute approximate surface area is 117 Å². The highest BCUT2D eigenvalue weighted by Gasteiger charge is 2.31. The van der Waals surface area contributed by atoms with Crippen molar-refractivity contribution in [3.63, 3.8) is 0 Å². The Morgan fingerprint density at radius 1 is 1.35 bits per heavy atom. The van der Waals surface area contributed by atoms with Gasteiger partial charge in [-0.05, 0) is 25.7 Å². The molecule has 3 rings (SSSR count). The lowest BCUT2D eigenvalue weighted by molar-refractivity contribution is -0.141. The van der Waals surface area contributed by atoms with Crippen LogP contribution in [0.2, 0.25) is 0 Å². The molecule has 3 heterocycles. The maximum absolute atomic E-state index is 11.7. The van der Waals surface area contributed by atoms with E-state index in [1.54, 1.807) is 10.8 Å². The van der Waals surface area contributed by atoms with Crippen LogP contribution in [-0.2, 0) is 21.1 Å². The molecule has 2 atom stereocenters. The number of carboxylic acids is 1. The Hall–Kier alpha value is -1.37. The molecular formula is C13H18N2O4S. The van der Waals surface area contributed by atoms with Crippen LogP contribution in [0.15, 0.2) is 6.20 Å². The van der Waals surface area contributed by atoms with E-state index in [9.17, 15) is 18.3 Å². The zero-order valence-corrected chi connectivity index (χ0v) is 12.0. The fraction of sp³-hybridized carbons (Fsp3) is 0.692. The number of carboxylic acid groups (broad SMARTS) is 1. The standard InChI is InChI=1S/C13H18N2O4S/c16-13(17)11-4-1-5-12-14-10(7-15(11)12)9-3-2-6-20(18,19)8-9/h7,9,11H,1-6,8H2,(H,16,17). The minimum atomic E-state index is -2.98. The van der Waals surface area contributed by atoms with Crippen LogP contribution >= 0.6 is 0 Å². The Morgan fingerprint density at radius 3 is 2.85 bits per heavy atom. The molecule has 1 saturated heterocycles. The van der Waals surface area contributed by atoms with Crippen molar-refractivity contribution in [2.75, 3.05) is 11.5 Å². The third-order valence-electron chi connectivity index (χ3n) is 4.21. The molecule has 1 N–H and O–H groups in total. The summed E-state index contributed by atoms with van der Waals surface area (Å²) < 4.78 is 25.2. The highest BCUT2D eigenvalue weighted by molar-refractivity contribution is 7.91. The predicted octanol–water partition coefficient (Wildman–Crippen LogP) is 1.14. The summed E-state index contributed by atoms with van der Waals surface area (Å²) >= 11 is 0. The fourth-order valence-electron chi connectivity index (χ4n) is 3.20. The van der Waals surface area contributed by atoms with Gasteiger partial charge in [0.1, 0.15) is 11.9 Å². The van der Waals surface area contributed by atoms with Crippen LogP contribution in [0.25, 0.3) is 0 Å². The van der Waals surface area contributed by atoms with E-state index in [-0.39, 0.29) is 17.4 Å². The second kappa shape index (κ2) is 4.87. The molecule has 0 aliphatic carbocycles. The fourth-order valence-corrected chi connectivity index (χ4v) is 4.92. The number of hydrogen-bond donors (Lipinski definition) is 1. The first-order chi connectivity index (χ1) is 9.46. The predicted molar refractivity (Wildman–Crippen MR) is 72.5 cm³/mol. The summed E-state index contributed by atoms with van der Waals surface area (Å²) in [5.74, 6) is 0.254. The molecule has 7 heteroatoms. The molecule has 2 aliphatic rings. The van der Waals surface area contributed by atoms with Crippen LogP contribution in [0.3, 0.4) is 0 Å². The highest BCUT2D eigenvalue weighted by atomic mass is 32.2. The van der Waals surface area contributed by atoms with Crippen molar-refractivity contribution in [1.82, 2.24) is 9.55 Å². The van der Waals surface area contributed by atoms with Gasteiger partial charge in [0.25, 0.3) is 0 Å². The second-order valence-corrected chi connectivity index (χ2v) is 7.92. The molecular weight excluding hydrogens is 280 g/mol. The van der Waals surface area contributed by atoms with E-state index in [1.807, 2.05) is 0 Å². The Morgan fingerprint density at radius 2 is 2.15 bits per heavy atom. The van der Waals surface area contributed by atoms with Crippen LogP contribution in [0.4, 0.5) is 0 Å². The first-order valence-electron chi connectivity index (χ1n) is 6.97. The molecule has 20 heavy (non-hydrogen) atoms. The van der Waals surface area contributed by atoms with Gasteiger partial charge < -0.3 is 9.67 Å². The van der Waals surface area contributed by atoms with Gasteiger partial charge in [-0.15, -0.1) is 0 Å². The number of fused-ring (bicyclic) bond motifs is 1. The van der Waals surface area contributed by atoms with Gasteiger partial charge in [-0.1, -0.05) is 0 Å². The SMILES string of the molecule is O=C(O)C1CCCc2nc(C3CCCS(=O)(=O)C3)cn21. The minimum Gasteiger partial charge on any atom is -0.480 e. The molecule has 0 radical (unpaired) electrons. The summed E-state index contributed by atoms with van der Waals surface area (Å²) in [6, 6.07) is -0.555. The van der Waals surface area contributed by atoms with Gasteiger partial charge in [0, 0.05) is 18.5 Å². The second-order valence-electron chi connectivity index (χ2n) is 5.69. The summed E-state index contributed by atoms with van der Waals surface area (Å²) in [5, 5.41) is 9.24. The van der Waals surface area contributed by atoms with Crippen LogP contribution in [0.5, 0.6) is 0 Å². The lowest BCUT2D eigenvalue weighted by Crippen LogP contribution is -2.24. The number of carbonyl (C=O) groups is 1. The van der Waals surface area contributed by atoms with Gasteiger partial charge in [-0.25, -0.2) is 18.2 Å². The average Bonchev–Trinajstić information content (AvgIpc) is 2.80. The molecule has 1 aromatic heterocycles. The van der Waals surface area contributed by atoms with E-state index in [4.69, 9.17) is 0 Å². The van der Waals surface area contributed by atoms with Gasteiger partial charge >= 0.3 is 5.97 Å². The van der Waals surface area contributed by atoms with Crippen molar-refractivity contribution in [2.24, 2.45) is 0 Å². The Balaban J connectivity index is 1.91. The number of rotatable bonds is 2. The highest BCUT2D eigenvalue weighted by Crippen LogP contribution is 2.31. The van der Waals surface area contributed by atoms with Crippen LogP contribution in [0.1, 0.15) is 49.2 Å². The van der Waals surface area contributed by atoms with Crippen LogP contribution in [-0.4, -0.2) is 40.6 Å². The third kappa shape index (κ3) is 2.46. The van der Waals surface area contributed by atoms with E-state index in [0.717, 1.165) is 30.8 Å². The molecule has 0 saturated carbocycles. The molecule has 6 nitrogen and oxygen atoms in total. The van der Waals surface area contributed by atoms with Crippen molar-refractivity contribution < 1.29 is 18.3 Å². The van der Waals surface area contributed by atoms with Gasteiger partial charge in [-0.3, -0.25) is 0 Å². The largest absolute Gasteiger partial charge is 0.480 e. The zero-order valence-electron chi connectivity index (χ0n) is 11.2. The summed E-state index contributed by atoms with van der Waals surface area (Å²) in [4.78, 5) is 15.8. The van der Waals surface area contributed by atoms with Gasteiger partial charge in [0.05, 0.1) is 17.2 Å². The van der Waals surface area contributed by atoms with E-state index in [1.165, 1.54) is 0 Å². The van der Waals surface area contributed by atoms with E-state index >= 15 is 0 Å². The molecule has 110 valence electrons. The van der Waals surface area contributed by atoms with Crippen molar-refractivity contribution in [3.05, 3.63) is 17.7 Å². The van der Waals surface area contributed by atoms with Gasteiger partial charge in [0.2, 0.25) is 0 Å². The minimum absolute atomic E-state index is 0.0821. The molecule has 2 unspecified atom stereocenters. The first kappa shape index (κ1) is 13.6. The summed E-state index contributed by atoms with van der Waals surface area (Å²) in [6.45, 7) is 0. The third-order valence-corrected chi connectivity index (χ3v) is 6.03. The van der Waals surface area contributed by atoms with Gasteiger partial charge in [0.15, 0.2) is 9.84 Å². The molecule has 0 spiro atoms. The maximum atomic E-state index is 11.7. The number of aliphatic carboxylic acids is 1. The maximum Gasteiger partial charge on any atom is 0.326 e. The van der Waals surface area contributed by atoms with Gasteiger partial charge in [-0.2, -0.15) is 0 Å².